The van der Waals surface area contributed by atoms with Crippen molar-refractivity contribution in [1.82, 2.24) is 5.32 Å². The van der Waals surface area contributed by atoms with Gasteiger partial charge in [0.15, 0.2) is 0 Å². The number of nitrogens with zero attached hydrogens (tertiary/aromatic N) is 1. The van der Waals surface area contributed by atoms with E-state index in [4.69, 9.17) is 4.74 Å². The lowest BCUT2D eigenvalue weighted by Crippen LogP contribution is -2.36. The van der Waals surface area contributed by atoms with Crippen molar-refractivity contribution in [3.63, 3.8) is 0 Å². The minimum Gasteiger partial charge on any atom is -0.426 e. The number of hydrogen-bond acceptors (Lipinski definition) is 6. The van der Waals surface area contributed by atoms with Gasteiger partial charge in [0.25, 0.3) is 5.69 Å². The number of piperidine rings is 1. The van der Waals surface area contributed by atoms with Crippen molar-refractivity contribution < 1.29 is 14.5 Å². The van der Waals surface area contributed by atoms with E-state index in [9.17, 15) is 14.9 Å². The molecule has 7 nitrogen and oxygen atoms in total. The lowest BCUT2D eigenvalue weighted by atomic mass is 10.0. The fourth-order valence-electron chi connectivity index (χ4n) is 2.93. The topological polar surface area (TPSA) is 93.5 Å². The van der Waals surface area contributed by atoms with Gasteiger partial charge in [0.05, 0.1) is 10.8 Å². The molecule has 1 fully saturated rings. The van der Waals surface area contributed by atoms with E-state index in [0.717, 1.165) is 24.9 Å². The van der Waals surface area contributed by atoms with Crippen LogP contribution in [0.5, 0.6) is 5.75 Å². The molecule has 0 saturated carbocycles. The summed E-state index contributed by atoms with van der Waals surface area (Å²) in [4.78, 5) is 23.1. The number of rotatable bonds is 6. The van der Waals surface area contributed by atoms with Gasteiger partial charge in [0.2, 0.25) is 0 Å². The summed E-state index contributed by atoms with van der Waals surface area (Å²) in [6.45, 7) is 1.95. The van der Waals surface area contributed by atoms with E-state index in [0.29, 0.717) is 24.5 Å². The average molecular weight is 355 g/mol. The van der Waals surface area contributed by atoms with Gasteiger partial charge in [-0.25, -0.2) is 0 Å². The third-order valence-corrected chi connectivity index (χ3v) is 4.34. The van der Waals surface area contributed by atoms with Crippen LogP contribution in [0.15, 0.2) is 48.5 Å². The summed E-state index contributed by atoms with van der Waals surface area (Å²) in [5.74, 6) is -0.179. The summed E-state index contributed by atoms with van der Waals surface area (Å²) in [7, 11) is 0. The number of nitro groups is 1. The van der Waals surface area contributed by atoms with E-state index in [-0.39, 0.29) is 17.6 Å². The smallest absolute Gasteiger partial charge is 0.315 e. The summed E-state index contributed by atoms with van der Waals surface area (Å²) < 4.78 is 5.44. The standard InChI is InChI=1S/C19H21N3O4/c23-19(15-7-4-10-20-13-15)26-16-8-9-18(22(24)25)17(11-16)21-12-14-5-2-1-3-6-14/h1-3,5-6,8-9,11,15,20-21H,4,7,10,12-13H2. The Bertz CT molecular complexity index is 774. The first-order valence-electron chi connectivity index (χ1n) is 8.62. The average Bonchev–Trinajstić information content (AvgIpc) is 2.68. The molecule has 1 unspecified atom stereocenters. The zero-order chi connectivity index (χ0) is 18.4. The Kier molecular flexibility index (Phi) is 5.80. The van der Waals surface area contributed by atoms with Crippen LogP contribution >= 0.6 is 0 Å². The van der Waals surface area contributed by atoms with Crippen molar-refractivity contribution in [3.05, 3.63) is 64.2 Å². The number of ether oxygens (including phenoxy) is 1. The number of benzene rings is 2. The van der Waals surface area contributed by atoms with Crippen molar-refractivity contribution in [1.29, 1.82) is 0 Å². The van der Waals surface area contributed by atoms with Gasteiger partial charge < -0.3 is 15.4 Å². The predicted molar refractivity (Wildman–Crippen MR) is 98.1 cm³/mol. The van der Waals surface area contributed by atoms with Gasteiger partial charge in [-0.1, -0.05) is 30.3 Å². The molecule has 1 atom stereocenters. The molecular weight excluding hydrogens is 334 g/mol. The molecule has 26 heavy (non-hydrogen) atoms. The Morgan fingerprint density at radius 2 is 2.08 bits per heavy atom. The molecule has 0 aliphatic carbocycles. The third-order valence-electron chi connectivity index (χ3n) is 4.34. The number of anilines is 1. The van der Waals surface area contributed by atoms with E-state index in [1.165, 1.54) is 18.2 Å². The molecule has 0 aromatic heterocycles. The van der Waals surface area contributed by atoms with E-state index in [2.05, 4.69) is 10.6 Å². The van der Waals surface area contributed by atoms with E-state index in [1.807, 2.05) is 30.3 Å². The number of nitrogens with one attached hydrogen (secondary N) is 2. The lowest BCUT2D eigenvalue weighted by molar-refractivity contribution is -0.384. The number of esters is 1. The highest BCUT2D eigenvalue weighted by atomic mass is 16.6. The predicted octanol–water partition coefficient (Wildman–Crippen LogP) is 3.11. The quantitative estimate of drug-likeness (QED) is 0.358. The molecule has 0 spiro atoms. The van der Waals surface area contributed by atoms with Crippen LogP contribution in [-0.4, -0.2) is 24.0 Å². The van der Waals surface area contributed by atoms with Gasteiger partial charge in [0.1, 0.15) is 11.4 Å². The fourth-order valence-corrected chi connectivity index (χ4v) is 2.93. The van der Waals surface area contributed by atoms with E-state index >= 15 is 0 Å². The second-order valence-corrected chi connectivity index (χ2v) is 6.24. The lowest BCUT2D eigenvalue weighted by Gasteiger charge is -2.21. The van der Waals surface area contributed by atoms with Crippen LogP contribution < -0.4 is 15.4 Å². The zero-order valence-electron chi connectivity index (χ0n) is 14.3. The zero-order valence-corrected chi connectivity index (χ0v) is 14.3. The summed E-state index contributed by atoms with van der Waals surface area (Å²) in [6, 6.07) is 13.9. The summed E-state index contributed by atoms with van der Waals surface area (Å²) in [5.41, 5.74) is 1.27. The van der Waals surface area contributed by atoms with Crippen LogP contribution in [0.25, 0.3) is 0 Å². The molecule has 1 aliphatic heterocycles. The van der Waals surface area contributed by atoms with Crippen molar-refractivity contribution in [2.24, 2.45) is 5.92 Å². The molecule has 2 aromatic rings. The first kappa shape index (κ1) is 17.9. The number of nitro benzene ring substituents is 1. The largest absolute Gasteiger partial charge is 0.426 e. The molecular formula is C19H21N3O4. The van der Waals surface area contributed by atoms with Crippen molar-refractivity contribution >= 4 is 17.3 Å². The van der Waals surface area contributed by atoms with Crippen LogP contribution in [-0.2, 0) is 11.3 Å². The second-order valence-electron chi connectivity index (χ2n) is 6.24. The Hall–Kier alpha value is -2.93. The van der Waals surface area contributed by atoms with Crippen molar-refractivity contribution in [3.8, 4) is 5.75 Å². The van der Waals surface area contributed by atoms with Gasteiger partial charge >= 0.3 is 5.97 Å². The maximum Gasteiger partial charge on any atom is 0.315 e. The number of hydrogen-bond donors (Lipinski definition) is 2. The fraction of sp³-hybridized carbons (Fsp3) is 0.316. The minimum absolute atomic E-state index is 0.0555. The maximum absolute atomic E-state index is 12.3. The van der Waals surface area contributed by atoms with Gasteiger partial charge in [-0.15, -0.1) is 0 Å². The summed E-state index contributed by atoms with van der Waals surface area (Å²) >= 11 is 0. The SMILES string of the molecule is O=C(Oc1ccc([N+](=O)[O-])c(NCc2ccccc2)c1)C1CCCNC1. The van der Waals surface area contributed by atoms with Gasteiger partial charge in [-0.05, 0) is 31.0 Å². The first-order valence-corrected chi connectivity index (χ1v) is 8.62. The van der Waals surface area contributed by atoms with Crippen molar-refractivity contribution in [2.45, 2.75) is 19.4 Å². The Labute approximate surface area is 151 Å². The van der Waals surface area contributed by atoms with Crippen LogP contribution in [0.3, 0.4) is 0 Å². The highest BCUT2D eigenvalue weighted by molar-refractivity contribution is 5.76. The monoisotopic (exact) mass is 355 g/mol. The first-order chi connectivity index (χ1) is 12.6. The highest BCUT2D eigenvalue weighted by Gasteiger charge is 2.23. The maximum atomic E-state index is 12.3. The summed E-state index contributed by atoms with van der Waals surface area (Å²) in [5, 5.41) is 17.5. The van der Waals surface area contributed by atoms with Crippen LogP contribution in [0.1, 0.15) is 18.4 Å². The van der Waals surface area contributed by atoms with Crippen LogP contribution in [0, 0.1) is 16.0 Å². The molecule has 3 rings (SSSR count). The van der Waals surface area contributed by atoms with Gasteiger partial charge in [0, 0.05) is 25.2 Å². The van der Waals surface area contributed by atoms with Gasteiger partial charge in [-0.3, -0.25) is 14.9 Å². The molecule has 7 heteroatoms. The Morgan fingerprint density at radius 1 is 1.27 bits per heavy atom. The molecule has 0 amide bonds. The molecule has 136 valence electrons. The normalized spacial score (nSPS) is 16.7. The van der Waals surface area contributed by atoms with E-state index < -0.39 is 4.92 Å². The van der Waals surface area contributed by atoms with Crippen LogP contribution in [0.2, 0.25) is 0 Å². The molecule has 2 N–H and O–H groups in total. The van der Waals surface area contributed by atoms with E-state index in [1.54, 1.807) is 0 Å². The summed E-state index contributed by atoms with van der Waals surface area (Å²) in [6.07, 6.45) is 1.72. The molecule has 1 saturated heterocycles. The molecule has 1 heterocycles. The van der Waals surface area contributed by atoms with Crippen molar-refractivity contribution in [2.75, 3.05) is 18.4 Å². The number of carbonyl (C=O) groups excluding carboxylic acids is 1. The minimum atomic E-state index is -0.454. The second kappa shape index (κ2) is 8.44. The Morgan fingerprint density at radius 3 is 2.77 bits per heavy atom. The number of carbonyl (C=O) groups is 1. The van der Waals surface area contributed by atoms with Gasteiger partial charge in [-0.2, -0.15) is 0 Å². The third kappa shape index (κ3) is 4.58. The highest BCUT2D eigenvalue weighted by Crippen LogP contribution is 2.30. The van der Waals surface area contributed by atoms with Crippen LogP contribution in [0.4, 0.5) is 11.4 Å². The Balaban J connectivity index is 1.72. The molecule has 0 bridgehead atoms. The molecule has 1 aliphatic rings. The molecule has 2 aromatic carbocycles. The molecule has 0 radical (unpaired) electrons.